The minimum absolute atomic E-state index is 0.0752. The van der Waals surface area contributed by atoms with E-state index in [1.165, 1.54) is 0 Å². The Balaban J connectivity index is 1.50. The first-order chi connectivity index (χ1) is 16.1. The SMILES string of the molecule is CCOC(=O)C1=C(C)N=C2SCCCN2[C@@H]1c1ccc(NC(=O)COc2ccccc2)cc1. The van der Waals surface area contributed by atoms with Crippen molar-refractivity contribution < 1.29 is 19.1 Å². The third kappa shape index (κ3) is 5.39. The van der Waals surface area contributed by atoms with Crippen LogP contribution in [0.1, 0.15) is 31.9 Å². The van der Waals surface area contributed by atoms with Crippen LogP contribution in [0.4, 0.5) is 5.69 Å². The van der Waals surface area contributed by atoms with Crippen LogP contribution >= 0.6 is 11.8 Å². The van der Waals surface area contributed by atoms with Gasteiger partial charge in [-0.15, -0.1) is 0 Å². The van der Waals surface area contributed by atoms with E-state index < -0.39 is 0 Å². The first-order valence-corrected chi connectivity index (χ1v) is 12.0. The summed E-state index contributed by atoms with van der Waals surface area (Å²) in [4.78, 5) is 32.0. The van der Waals surface area contributed by atoms with Gasteiger partial charge in [0.1, 0.15) is 5.75 Å². The molecule has 0 bridgehead atoms. The highest BCUT2D eigenvalue weighted by Gasteiger charge is 2.37. The molecule has 2 aromatic rings. The molecule has 2 heterocycles. The Morgan fingerprint density at radius 1 is 1.15 bits per heavy atom. The highest BCUT2D eigenvalue weighted by molar-refractivity contribution is 8.13. The maximum absolute atomic E-state index is 12.8. The van der Waals surface area contributed by atoms with Gasteiger partial charge in [-0.1, -0.05) is 42.1 Å². The van der Waals surface area contributed by atoms with E-state index in [0.717, 1.165) is 29.4 Å². The van der Waals surface area contributed by atoms with Crippen LogP contribution in [-0.4, -0.2) is 47.5 Å². The van der Waals surface area contributed by atoms with Gasteiger partial charge >= 0.3 is 5.97 Å². The molecule has 1 N–H and O–H groups in total. The maximum atomic E-state index is 12.8. The van der Waals surface area contributed by atoms with Crippen LogP contribution < -0.4 is 10.1 Å². The fraction of sp³-hybridized carbons (Fsp3) is 0.320. The second-order valence-corrected chi connectivity index (χ2v) is 8.75. The predicted molar refractivity (Wildman–Crippen MR) is 130 cm³/mol. The molecular weight excluding hydrogens is 438 g/mol. The number of para-hydroxylation sites is 1. The summed E-state index contributed by atoms with van der Waals surface area (Å²) in [6, 6.07) is 16.5. The lowest BCUT2D eigenvalue weighted by Gasteiger charge is -2.40. The minimum Gasteiger partial charge on any atom is -0.484 e. The van der Waals surface area contributed by atoms with Crippen molar-refractivity contribution in [1.29, 1.82) is 0 Å². The number of fused-ring (bicyclic) bond motifs is 1. The van der Waals surface area contributed by atoms with Crippen LogP contribution in [0.2, 0.25) is 0 Å². The third-order valence-electron chi connectivity index (χ3n) is 5.38. The normalized spacial score (nSPS) is 17.7. The summed E-state index contributed by atoms with van der Waals surface area (Å²) < 4.78 is 10.9. The number of aliphatic imine (C=N–C) groups is 1. The van der Waals surface area contributed by atoms with Gasteiger partial charge in [0.25, 0.3) is 5.91 Å². The number of hydrogen-bond donors (Lipinski definition) is 1. The lowest BCUT2D eigenvalue weighted by molar-refractivity contribution is -0.139. The number of hydrogen-bond acceptors (Lipinski definition) is 7. The number of anilines is 1. The Morgan fingerprint density at radius 2 is 1.91 bits per heavy atom. The highest BCUT2D eigenvalue weighted by atomic mass is 32.2. The van der Waals surface area contributed by atoms with Gasteiger partial charge in [0.05, 0.1) is 23.9 Å². The number of rotatable bonds is 7. The van der Waals surface area contributed by atoms with Crippen molar-refractivity contribution in [2.75, 3.05) is 30.8 Å². The fourth-order valence-electron chi connectivity index (χ4n) is 3.90. The van der Waals surface area contributed by atoms with Gasteiger partial charge in [0, 0.05) is 18.0 Å². The fourth-order valence-corrected chi connectivity index (χ4v) is 4.92. The Labute approximate surface area is 197 Å². The van der Waals surface area contributed by atoms with Gasteiger partial charge in [0.15, 0.2) is 11.8 Å². The minimum atomic E-state index is -0.339. The van der Waals surface area contributed by atoms with Crippen LogP contribution in [-0.2, 0) is 14.3 Å². The summed E-state index contributed by atoms with van der Waals surface area (Å²) in [5, 5.41) is 3.79. The number of allylic oxidation sites excluding steroid dienone is 1. The van der Waals surface area contributed by atoms with E-state index in [1.54, 1.807) is 30.8 Å². The molecule has 1 fully saturated rings. The molecule has 2 aliphatic rings. The molecular formula is C25H27N3O4S. The Kier molecular flexibility index (Phi) is 7.34. The molecule has 7 nitrogen and oxygen atoms in total. The quantitative estimate of drug-likeness (QED) is 0.611. The smallest absolute Gasteiger partial charge is 0.338 e. The Bertz CT molecular complexity index is 1070. The molecule has 1 saturated heterocycles. The molecule has 2 aromatic carbocycles. The van der Waals surface area contributed by atoms with E-state index in [1.807, 2.05) is 49.4 Å². The summed E-state index contributed by atoms with van der Waals surface area (Å²) in [6.07, 6.45) is 1.02. The van der Waals surface area contributed by atoms with Crippen LogP contribution in [0, 0.1) is 0 Å². The number of nitrogens with zero attached hydrogens (tertiary/aromatic N) is 2. The molecule has 1 atom stereocenters. The zero-order valence-corrected chi connectivity index (χ0v) is 19.6. The molecule has 8 heteroatoms. The molecule has 0 radical (unpaired) electrons. The molecule has 2 aliphatic heterocycles. The number of ether oxygens (including phenoxy) is 2. The standard InChI is InChI=1S/C25H27N3O4S/c1-3-31-24(30)22-17(2)26-25-28(14-7-15-33-25)23(22)18-10-12-19(13-11-18)27-21(29)16-32-20-8-5-4-6-9-20/h4-6,8-13,23H,3,7,14-16H2,1-2H3,(H,27,29)/t23-/m1/s1. The topological polar surface area (TPSA) is 80.2 Å². The predicted octanol–water partition coefficient (Wildman–Crippen LogP) is 4.39. The van der Waals surface area contributed by atoms with Gasteiger partial charge in [0.2, 0.25) is 0 Å². The van der Waals surface area contributed by atoms with Crippen LogP contribution in [0.5, 0.6) is 5.75 Å². The highest BCUT2D eigenvalue weighted by Crippen LogP contribution is 2.40. The molecule has 0 spiro atoms. The molecule has 172 valence electrons. The van der Waals surface area contributed by atoms with Crippen LogP contribution in [0.15, 0.2) is 70.9 Å². The number of amides is 1. The van der Waals surface area contributed by atoms with Crippen LogP contribution in [0.3, 0.4) is 0 Å². The molecule has 0 unspecified atom stereocenters. The van der Waals surface area contributed by atoms with Crippen molar-refractivity contribution >= 4 is 34.5 Å². The average Bonchev–Trinajstić information content (AvgIpc) is 2.83. The van der Waals surface area contributed by atoms with E-state index in [9.17, 15) is 9.59 Å². The number of benzene rings is 2. The number of carbonyl (C=O) groups excluding carboxylic acids is 2. The third-order valence-corrected chi connectivity index (χ3v) is 6.45. The lowest BCUT2D eigenvalue weighted by atomic mass is 9.94. The first kappa shape index (κ1) is 22.9. The van der Waals surface area contributed by atoms with Gasteiger partial charge in [-0.2, -0.15) is 0 Å². The number of thioether (sulfide) groups is 1. The number of amidine groups is 1. The lowest BCUT2D eigenvalue weighted by Crippen LogP contribution is -2.42. The van der Waals surface area contributed by atoms with Crippen molar-refractivity contribution in [2.45, 2.75) is 26.3 Å². The van der Waals surface area contributed by atoms with Gasteiger partial charge in [-0.3, -0.25) is 4.79 Å². The van der Waals surface area contributed by atoms with Crippen molar-refractivity contribution in [3.63, 3.8) is 0 Å². The number of esters is 1. The summed E-state index contributed by atoms with van der Waals surface area (Å²) in [6.45, 7) is 4.72. The van der Waals surface area contributed by atoms with Crippen LogP contribution in [0.25, 0.3) is 0 Å². The van der Waals surface area contributed by atoms with Gasteiger partial charge in [-0.25, -0.2) is 9.79 Å². The molecule has 0 aromatic heterocycles. The summed E-state index contributed by atoms with van der Waals surface area (Å²) >= 11 is 1.71. The van der Waals surface area contributed by atoms with Crippen molar-refractivity contribution in [3.8, 4) is 5.75 Å². The van der Waals surface area contributed by atoms with E-state index in [0.29, 0.717) is 29.3 Å². The second-order valence-electron chi connectivity index (χ2n) is 7.68. The Morgan fingerprint density at radius 3 is 2.64 bits per heavy atom. The zero-order valence-electron chi connectivity index (χ0n) is 18.7. The molecule has 4 rings (SSSR count). The van der Waals surface area contributed by atoms with E-state index >= 15 is 0 Å². The molecule has 0 aliphatic carbocycles. The maximum Gasteiger partial charge on any atom is 0.338 e. The molecule has 0 saturated carbocycles. The Hall–Kier alpha value is -3.26. The molecule has 1 amide bonds. The second kappa shape index (κ2) is 10.6. The number of carbonyl (C=O) groups is 2. The summed E-state index contributed by atoms with van der Waals surface area (Å²) in [7, 11) is 0. The van der Waals surface area contributed by atoms with Crippen molar-refractivity contribution in [1.82, 2.24) is 4.90 Å². The number of nitrogens with one attached hydrogen (secondary N) is 1. The van der Waals surface area contributed by atoms with Gasteiger partial charge < -0.3 is 19.7 Å². The summed E-state index contributed by atoms with van der Waals surface area (Å²) in [5.74, 6) is 1.08. The van der Waals surface area contributed by atoms with Crippen molar-refractivity contribution in [3.05, 3.63) is 71.4 Å². The average molecular weight is 466 g/mol. The van der Waals surface area contributed by atoms with E-state index in [2.05, 4.69) is 15.2 Å². The van der Waals surface area contributed by atoms with Crippen molar-refractivity contribution in [2.24, 2.45) is 4.99 Å². The monoisotopic (exact) mass is 465 g/mol. The largest absolute Gasteiger partial charge is 0.484 e. The van der Waals surface area contributed by atoms with Gasteiger partial charge in [-0.05, 0) is 50.1 Å². The van der Waals surface area contributed by atoms with E-state index in [4.69, 9.17) is 9.47 Å². The zero-order chi connectivity index (χ0) is 23.2. The first-order valence-electron chi connectivity index (χ1n) is 11.0. The molecule has 33 heavy (non-hydrogen) atoms. The van der Waals surface area contributed by atoms with E-state index in [-0.39, 0.29) is 24.5 Å². The summed E-state index contributed by atoms with van der Waals surface area (Å²) in [5.41, 5.74) is 2.87.